The lowest BCUT2D eigenvalue weighted by Gasteiger charge is -2.45. The van der Waals surface area contributed by atoms with Gasteiger partial charge in [-0.05, 0) is 59.1 Å². The van der Waals surface area contributed by atoms with Crippen LogP contribution >= 0.6 is 15.9 Å². The number of likely N-dealkylation sites (tertiary alicyclic amines) is 1. The molecule has 5 nitrogen and oxygen atoms in total. The Hall–Kier alpha value is -2.18. The fourth-order valence-corrected chi connectivity index (χ4v) is 5.62. The molecule has 1 aliphatic heterocycles. The van der Waals surface area contributed by atoms with Crippen LogP contribution in [0.15, 0.2) is 47.3 Å². The van der Waals surface area contributed by atoms with Crippen LogP contribution in [0.2, 0.25) is 0 Å². The SMILES string of the molecule is CN1C[C@H](COC(=O)c2cncc(Br)c2)C[C@H]2c3cccc4c3c(cn4C)C[C@H]21. The van der Waals surface area contributed by atoms with Crippen LogP contribution in [0, 0.1) is 5.92 Å². The summed E-state index contributed by atoms with van der Waals surface area (Å²) in [6.45, 7) is 1.39. The minimum absolute atomic E-state index is 0.306. The van der Waals surface area contributed by atoms with Crippen LogP contribution < -0.4 is 0 Å². The van der Waals surface area contributed by atoms with E-state index in [1.807, 2.05) is 0 Å². The number of esters is 1. The van der Waals surface area contributed by atoms with E-state index in [0.717, 1.165) is 23.9 Å². The number of carbonyl (C=O) groups is 1. The van der Waals surface area contributed by atoms with Crippen molar-refractivity contribution in [2.75, 3.05) is 20.2 Å². The molecule has 0 unspecified atom stereocenters. The first-order valence-corrected chi connectivity index (χ1v) is 10.9. The lowest BCUT2D eigenvalue weighted by atomic mass is 9.72. The van der Waals surface area contributed by atoms with Gasteiger partial charge in [0.1, 0.15) is 0 Å². The Labute approximate surface area is 178 Å². The number of hydrogen-bond acceptors (Lipinski definition) is 4. The van der Waals surface area contributed by atoms with Crippen molar-refractivity contribution in [3.8, 4) is 0 Å². The molecule has 5 rings (SSSR count). The number of likely N-dealkylation sites (N-methyl/N-ethyl adjacent to an activating group) is 1. The first-order chi connectivity index (χ1) is 14.0. The predicted molar refractivity (Wildman–Crippen MR) is 116 cm³/mol. The maximum Gasteiger partial charge on any atom is 0.339 e. The van der Waals surface area contributed by atoms with Crippen molar-refractivity contribution >= 4 is 32.8 Å². The fourth-order valence-electron chi connectivity index (χ4n) is 5.25. The number of hydrogen-bond donors (Lipinski definition) is 0. The highest BCUT2D eigenvalue weighted by molar-refractivity contribution is 9.10. The number of nitrogens with zero attached hydrogens (tertiary/aromatic N) is 3. The summed E-state index contributed by atoms with van der Waals surface area (Å²) in [7, 11) is 4.34. The molecule has 3 atom stereocenters. The third-order valence-electron chi connectivity index (χ3n) is 6.51. The summed E-state index contributed by atoms with van der Waals surface area (Å²) in [6.07, 6.45) is 7.64. The minimum atomic E-state index is -0.306. The Balaban J connectivity index is 1.36. The van der Waals surface area contributed by atoms with E-state index in [4.69, 9.17) is 4.74 Å². The van der Waals surface area contributed by atoms with E-state index < -0.39 is 0 Å². The van der Waals surface area contributed by atoms with Crippen molar-refractivity contribution in [3.05, 3.63) is 64.0 Å². The number of pyridine rings is 1. The van der Waals surface area contributed by atoms with Gasteiger partial charge in [-0.3, -0.25) is 4.98 Å². The topological polar surface area (TPSA) is 47.4 Å². The van der Waals surface area contributed by atoms with Gasteiger partial charge < -0.3 is 14.2 Å². The monoisotopic (exact) mass is 453 g/mol. The molecule has 2 aliphatic rings. The molecule has 0 spiro atoms. The van der Waals surface area contributed by atoms with Gasteiger partial charge in [0.2, 0.25) is 0 Å². The Bertz CT molecular complexity index is 1090. The lowest BCUT2D eigenvalue weighted by molar-refractivity contribution is 0.0276. The van der Waals surface area contributed by atoms with Gasteiger partial charge >= 0.3 is 5.97 Å². The van der Waals surface area contributed by atoms with Crippen LogP contribution in [0.3, 0.4) is 0 Å². The van der Waals surface area contributed by atoms with Crippen molar-refractivity contribution < 1.29 is 9.53 Å². The zero-order valence-corrected chi connectivity index (χ0v) is 18.2. The van der Waals surface area contributed by atoms with E-state index in [1.54, 1.807) is 18.5 Å². The number of benzene rings is 1. The average Bonchev–Trinajstić information content (AvgIpc) is 3.04. The number of carbonyl (C=O) groups excluding carboxylic acids is 1. The van der Waals surface area contributed by atoms with Crippen molar-refractivity contribution in [2.24, 2.45) is 13.0 Å². The maximum absolute atomic E-state index is 12.4. The Morgan fingerprint density at radius 2 is 2.17 bits per heavy atom. The molecule has 6 heteroatoms. The highest BCUT2D eigenvalue weighted by Gasteiger charge is 2.39. The molecule has 0 N–H and O–H groups in total. The summed E-state index contributed by atoms with van der Waals surface area (Å²) in [5.74, 6) is 0.495. The molecule has 3 heterocycles. The number of aromatic nitrogens is 2. The van der Waals surface area contributed by atoms with Gasteiger partial charge in [-0.1, -0.05) is 12.1 Å². The van der Waals surface area contributed by atoms with Crippen molar-refractivity contribution in [1.29, 1.82) is 0 Å². The number of halogens is 1. The van der Waals surface area contributed by atoms with Crippen LogP contribution in [0.5, 0.6) is 0 Å². The van der Waals surface area contributed by atoms with Crippen molar-refractivity contribution in [2.45, 2.75) is 24.8 Å². The van der Waals surface area contributed by atoms with E-state index in [9.17, 15) is 4.79 Å². The lowest BCUT2D eigenvalue weighted by Crippen LogP contribution is -2.48. The standard InChI is InChI=1S/C23H24BrN3O2/c1-26-11-14(13-29-23(28)15-7-17(24)10-25-9-15)6-19-18-4-3-5-20-22(18)16(8-21(19)26)12-27(20)2/h3-5,7,9-10,12,14,19,21H,6,8,11,13H2,1-2H3/t14-,19+,21-/m1/s1. The van der Waals surface area contributed by atoms with E-state index in [-0.39, 0.29) is 5.97 Å². The molecule has 1 aromatic carbocycles. The van der Waals surface area contributed by atoms with E-state index >= 15 is 0 Å². The van der Waals surface area contributed by atoms with Crippen LogP contribution in [0.25, 0.3) is 10.9 Å². The number of ether oxygens (including phenoxy) is 1. The molecular weight excluding hydrogens is 430 g/mol. The summed E-state index contributed by atoms with van der Waals surface area (Å²) >= 11 is 3.35. The molecule has 29 heavy (non-hydrogen) atoms. The van der Waals surface area contributed by atoms with E-state index in [2.05, 4.69) is 68.9 Å². The zero-order valence-electron chi connectivity index (χ0n) is 16.6. The molecule has 1 saturated heterocycles. The summed E-state index contributed by atoms with van der Waals surface area (Å²) < 4.78 is 8.69. The van der Waals surface area contributed by atoms with Gasteiger partial charge in [-0.15, -0.1) is 0 Å². The second-order valence-electron chi connectivity index (χ2n) is 8.42. The van der Waals surface area contributed by atoms with E-state index in [0.29, 0.717) is 30.0 Å². The van der Waals surface area contributed by atoms with Crippen LogP contribution in [0.1, 0.15) is 33.8 Å². The van der Waals surface area contributed by atoms with Crippen LogP contribution in [-0.4, -0.2) is 46.7 Å². The summed E-state index contributed by atoms with van der Waals surface area (Å²) in [6, 6.07) is 8.93. The fraction of sp³-hybridized carbons (Fsp3) is 0.391. The molecule has 150 valence electrons. The van der Waals surface area contributed by atoms with E-state index in [1.165, 1.54) is 22.0 Å². The molecule has 0 amide bonds. The Morgan fingerprint density at radius 3 is 3.00 bits per heavy atom. The quantitative estimate of drug-likeness (QED) is 0.558. The summed E-state index contributed by atoms with van der Waals surface area (Å²) in [4.78, 5) is 18.9. The van der Waals surface area contributed by atoms with Gasteiger partial charge in [0.05, 0.1) is 12.2 Å². The van der Waals surface area contributed by atoms with Crippen LogP contribution in [-0.2, 0) is 18.2 Å². The van der Waals surface area contributed by atoms with Gasteiger partial charge in [0.15, 0.2) is 0 Å². The zero-order chi connectivity index (χ0) is 20.1. The third-order valence-corrected chi connectivity index (χ3v) is 6.94. The highest BCUT2D eigenvalue weighted by atomic mass is 79.9. The van der Waals surface area contributed by atoms with Crippen molar-refractivity contribution in [1.82, 2.24) is 14.5 Å². The first kappa shape index (κ1) is 18.8. The normalized spacial score (nSPS) is 23.8. The molecule has 2 aromatic heterocycles. The second kappa shape index (κ2) is 7.26. The molecule has 3 aromatic rings. The number of piperidine rings is 1. The first-order valence-electron chi connectivity index (χ1n) is 10.1. The molecular formula is C23H24BrN3O2. The number of fused-ring (bicyclic) bond motifs is 2. The number of rotatable bonds is 3. The Kier molecular flexibility index (Phi) is 4.71. The smallest absolute Gasteiger partial charge is 0.339 e. The number of aryl methyl sites for hydroxylation is 1. The highest BCUT2D eigenvalue weighted by Crippen LogP contribution is 2.44. The molecule has 1 aliphatic carbocycles. The molecule has 0 bridgehead atoms. The molecule has 0 radical (unpaired) electrons. The maximum atomic E-state index is 12.4. The third kappa shape index (κ3) is 3.28. The van der Waals surface area contributed by atoms with Crippen molar-refractivity contribution in [3.63, 3.8) is 0 Å². The molecule has 1 fully saturated rings. The van der Waals surface area contributed by atoms with Gasteiger partial charge in [0.25, 0.3) is 0 Å². The van der Waals surface area contributed by atoms with Gasteiger partial charge in [0, 0.05) is 65.4 Å². The summed E-state index contributed by atoms with van der Waals surface area (Å²) in [5.41, 5.74) is 4.71. The molecule has 0 saturated carbocycles. The second-order valence-corrected chi connectivity index (χ2v) is 9.33. The van der Waals surface area contributed by atoms with Gasteiger partial charge in [-0.2, -0.15) is 0 Å². The summed E-state index contributed by atoms with van der Waals surface area (Å²) in [5, 5.41) is 1.43. The minimum Gasteiger partial charge on any atom is -0.462 e. The average molecular weight is 454 g/mol. The predicted octanol–water partition coefficient (Wildman–Crippen LogP) is 4.15. The Morgan fingerprint density at radius 1 is 1.31 bits per heavy atom. The van der Waals surface area contributed by atoms with Crippen LogP contribution in [0.4, 0.5) is 0 Å². The van der Waals surface area contributed by atoms with Gasteiger partial charge in [-0.25, -0.2) is 4.79 Å². The largest absolute Gasteiger partial charge is 0.462 e.